The van der Waals surface area contributed by atoms with E-state index in [0.29, 0.717) is 19.6 Å². The van der Waals surface area contributed by atoms with Crippen LogP contribution in [0.25, 0.3) is 0 Å². The van der Waals surface area contributed by atoms with Crippen molar-refractivity contribution in [2.24, 2.45) is 0 Å². The Morgan fingerprint density at radius 1 is 1.00 bits per heavy atom. The molecule has 0 bridgehead atoms. The zero-order valence-electron chi connectivity index (χ0n) is 18.0. The Kier molecular flexibility index (Phi) is 6.20. The summed E-state index contributed by atoms with van der Waals surface area (Å²) in [7, 11) is 0. The SMILES string of the molecule is Cc1cc(N2CCCC2)nc(N2CCN(CC(=O)N3CC(C)OC(C)C3)CC2)n1. The molecule has 0 aromatic carbocycles. The van der Waals surface area contributed by atoms with Crippen molar-refractivity contribution in [3.8, 4) is 0 Å². The van der Waals surface area contributed by atoms with Crippen molar-refractivity contribution >= 4 is 17.7 Å². The second-order valence-corrected chi connectivity index (χ2v) is 8.68. The van der Waals surface area contributed by atoms with Crippen molar-refractivity contribution < 1.29 is 9.53 Å². The largest absolute Gasteiger partial charge is 0.372 e. The molecule has 0 aliphatic carbocycles. The topological polar surface area (TPSA) is 65.0 Å². The lowest BCUT2D eigenvalue weighted by Gasteiger charge is -2.38. The average molecular weight is 403 g/mol. The smallest absolute Gasteiger partial charge is 0.236 e. The Morgan fingerprint density at radius 3 is 2.31 bits per heavy atom. The summed E-state index contributed by atoms with van der Waals surface area (Å²) in [5, 5.41) is 0. The van der Waals surface area contributed by atoms with Crippen LogP contribution in [0.4, 0.5) is 11.8 Å². The molecule has 3 fully saturated rings. The monoisotopic (exact) mass is 402 g/mol. The van der Waals surface area contributed by atoms with Crippen LogP contribution in [0, 0.1) is 6.92 Å². The molecule has 8 heteroatoms. The van der Waals surface area contributed by atoms with Crippen LogP contribution in [0.1, 0.15) is 32.4 Å². The molecule has 160 valence electrons. The predicted molar refractivity (Wildman–Crippen MR) is 113 cm³/mol. The van der Waals surface area contributed by atoms with E-state index in [9.17, 15) is 4.79 Å². The summed E-state index contributed by atoms with van der Waals surface area (Å²) in [5.74, 6) is 2.09. The number of rotatable bonds is 4. The van der Waals surface area contributed by atoms with Gasteiger partial charge in [0.25, 0.3) is 0 Å². The van der Waals surface area contributed by atoms with Crippen molar-refractivity contribution in [2.45, 2.75) is 45.8 Å². The van der Waals surface area contributed by atoms with Crippen molar-refractivity contribution in [2.75, 3.05) is 68.7 Å². The zero-order valence-corrected chi connectivity index (χ0v) is 18.0. The Bertz CT molecular complexity index is 705. The summed E-state index contributed by atoms with van der Waals surface area (Å²) in [6, 6.07) is 2.09. The maximum absolute atomic E-state index is 12.7. The summed E-state index contributed by atoms with van der Waals surface area (Å²) in [5.41, 5.74) is 1.02. The number of anilines is 2. The van der Waals surface area contributed by atoms with Gasteiger partial charge < -0.3 is 19.4 Å². The molecule has 3 saturated heterocycles. The van der Waals surface area contributed by atoms with Gasteiger partial charge in [-0.2, -0.15) is 4.98 Å². The highest BCUT2D eigenvalue weighted by Gasteiger charge is 2.28. The molecular formula is C21H34N6O2. The van der Waals surface area contributed by atoms with Crippen LogP contribution >= 0.6 is 0 Å². The van der Waals surface area contributed by atoms with Crippen molar-refractivity contribution in [1.29, 1.82) is 0 Å². The third-order valence-corrected chi connectivity index (χ3v) is 6.05. The van der Waals surface area contributed by atoms with E-state index in [1.54, 1.807) is 0 Å². The number of hydrogen-bond donors (Lipinski definition) is 0. The van der Waals surface area contributed by atoms with Crippen LogP contribution in [-0.4, -0.2) is 96.8 Å². The van der Waals surface area contributed by atoms with Gasteiger partial charge in [0.1, 0.15) is 5.82 Å². The molecule has 2 atom stereocenters. The first-order valence-electron chi connectivity index (χ1n) is 11.0. The lowest BCUT2D eigenvalue weighted by molar-refractivity contribution is -0.144. The fourth-order valence-corrected chi connectivity index (χ4v) is 4.57. The van der Waals surface area contributed by atoms with Crippen LogP contribution in [-0.2, 0) is 9.53 Å². The Balaban J connectivity index is 1.32. The maximum Gasteiger partial charge on any atom is 0.236 e. The molecule has 1 aromatic heterocycles. The van der Waals surface area contributed by atoms with E-state index in [4.69, 9.17) is 9.72 Å². The number of piperazine rings is 1. The van der Waals surface area contributed by atoms with Gasteiger partial charge in [0.05, 0.1) is 18.8 Å². The molecule has 29 heavy (non-hydrogen) atoms. The van der Waals surface area contributed by atoms with E-state index < -0.39 is 0 Å². The number of ether oxygens (including phenoxy) is 1. The Hall–Kier alpha value is -1.93. The summed E-state index contributed by atoms with van der Waals surface area (Å²) < 4.78 is 5.74. The number of carbonyl (C=O) groups excluding carboxylic acids is 1. The molecule has 2 unspecified atom stereocenters. The van der Waals surface area contributed by atoms with Crippen molar-refractivity contribution in [3.63, 3.8) is 0 Å². The number of morpholine rings is 1. The standard InChI is InChI=1S/C21H34N6O2/c1-16-12-19(25-6-4-5-7-25)23-21(22-16)26-10-8-24(9-11-26)15-20(28)27-13-17(2)29-18(3)14-27/h12,17-18H,4-11,13-15H2,1-3H3. The second-order valence-electron chi connectivity index (χ2n) is 8.68. The molecule has 3 aliphatic rings. The fourth-order valence-electron chi connectivity index (χ4n) is 4.57. The molecule has 0 spiro atoms. The lowest BCUT2D eigenvalue weighted by atomic mass is 10.2. The lowest BCUT2D eigenvalue weighted by Crippen LogP contribution is -2.54. The van der Waals surface area contributed by atoms with Gasteiger partial charge in [0.15, 0.2) is 0 Å². The third-order valence-electron chi connectivity index (χ3n) is 6.05. The first-order valence-corrected chi connectivity index (χ1v) is 11.0. The summed E-state index contributed by atoms with van der Waals surface area (Å²) >= 11 is 0. The van der Waals surface area contributed by atoms with Gasteiger partial charge in [-0.15, -0.1) is 0 Å². The van der Waals surface area contributed by atoms with Crippen LogP contribution in [0.5, 0.6) is 0 Å². The van der Waals surface area contributed by atoms with Gasteiger partial charge in [0, 0.05) is 64.1 Å². The minimum atomic E-state index is 0.114. The number of amides is 1. The van der Waals surface area contributed by atoms with E-state index in [1.807, 2.05) is 25.7 Å². The van der Waals surface area contributed by atoms with Gasteiger partial charge in [-0.3, -0.25) is 9.69 Å². The van der Waals surface area contributed by atoms with E-state index >= 15 is 0 Å². The molecule has 8 nitrogen and oxygen atoms in total. The van der Waals surface area contributed by atoms with Gasteiger partial charge in [0.2, 0.25) is 11.9 Å². The summed E-state index contributed by atoms with van der Waals surface area (Å²) in [6.45, 7) is 13.6. The van der Waals surface area contributed by atoms with Gasteiger partial charge in [-0.05, 0) is 33.6 Å². The number of aromatic nitrogens is 2. The van der Waals surface area contributed by atoms with Crippen molar-refractivity contribution in [1.82, 2.24) is 19.8 Å². The van der Waals surface area contributed by atoms with E-state index in [-0.39, 0.29) is 18.1 Å². The molecule has 4 rings (SSSR count). The highest BCUT2D eigenvalue weighted by Crippen LogP contribution is 2.22. The Morgan fingerprint density at radius 2 is 1.66 bits per heavy atom. The highest BCUT2D eigenvalue weighted by molar-refractivity contribution is 5.78. The van der Waals surface area contributed by atoms with Crippen LogP contribution < -0.4 is 9.80 Å². The highest BCUT2D eigenvalue weighted by atomic mass is 16.5. The first kappa shape index (κ1) is 20.3. The minimum Gasteiger partial charge on any atom is -0.372 e. The van der Waals surface area contributed by atoms with Crippen LogP contribution in [0.15, 0.2) is 6.07 Å². The zero-order chi connectivity index (χ0) is 20.4. The van der Waals surface area contributed by atoms with Crippen molar-refractivity contribution in [3.05, 3.63) is 11.8 Å². The van der Waals surface area contributed by atoms with E-state index in [1.165, 1.54) is 12.8 Å². The number of aryl methyl sites for hydroxylation is 1. The minimum absolute atomic E-state index is 0.114. The second kappa shape index (κ2) is 8.83. The Labute approximate surface area is 173 Å². The van der Waals surface area contributed by atoms with Crippen LogP contribution in [0.2, 0.25) is 0 Å². The average Bonchev–Trinajstić information content (AvgIpc) is 3.22. The summed E-state index contributed by atoms with van der Waals surface area (Å²) in [4.78, 5) is 31.1. The van der Waals surface area contributed by atoms with Crippen LogP contribution in [0.3, 0.4) is 0 Å². The molecule has 1 aromatic rings. The number of carbonyl (C=O) groups is 1. The normalized spacial score (nSPS) is 26.2. The molecule has 0 saturated carbocycles. The van der Waals surface area contributed by atoms with E-state index in [0.717, 1.165) is 56.7 Å². The van der Waals surface area contributed by atoms with Gasteiger partial charge >= 0.3 is 0 Å². The molecule has 0 N–H and O–H groups in total. The third kappa shape index (κ3) is 4.98. The molecular weight excluding hydrogens is 368 g/mol. The molecule has 1 amide bonds. The molecule has 4 heterocycles. The van der Waals surface area contributed by atoms with E-state index in [2.05, 4.69) is 25.8 Å². The molecule has 3 aliphatic heterocycles. The van der Waals surface area contributed by atoms with Gasteiger partial charge in [-0.25, -0.2) is 4.98 Å². The fraction of sp³-hybridized carbons (Fsp3) is 0.762. The molecule has 0 radical (unpaired) electrons. The quantitative estimate of drug-likeness (QED) is 0.748. The maximum atomic E-state index is 12.7. The predicted octanol–water partition coefficient (Wildman–Crippen LogP) is 1.14. The number of nitrogens with zero attached hydrogens (tertiary/aromatic N) is 6. The number of hydrogen-bond acceptors (Lipinski definition) is 7. The first-order chi connectivity index (χ1) is 14.0. The van der Waals surface area contributed by atoms with Gasteiger partial charge in [-0.1, -0.05) is 0 Å². The summed E-state index contributed by atoms with van der Waals surface area (Å²) in [6.07, 6.45) is 2.71.